The Labute approximate surface area is 184 Å². The number of hydrogen-bond donors (Lipinski definition) is 3. The van der Waals surface area contributed by atoms with Gasteiger partial charge in [-0.25, -0.2) is 0 Å². The lowest BCUT2D eigenvalue weighted by Crippen LogP contribution is -2.37. The monoisotopic (exact) mass is 434 g/mol. The molecule has 0 fully saturated rings. The molecule has 1 unspecified atom stereocenters. The van der Waals surface area contributed by atoms with Crippen molar-refractivity contribution in [3.8, 4) is 0 Å². The number of unbranched alkanes of at least 4 members (excludes halogenated alkanes) is 1. The van der Waals surface area contributed by atoms with Crippen molar-refractivity contribution in [2.45, 2.75) is 99.5 Å². The van der Waals surface area contributed by atoms with Gasteiger partial charge in [0.2, 0.25) is 0 Å². The highest BCUT2D eigenvalue weighted by Gasteiger charge is 2.16. The number of H-pyrrole nitrogens is 1. The maximum Gasteiger partial charge on any atom is 0.251 e. The first-order valence-electron chi connectivity index (χ1n) is 10.8. The Kier molecular flexibility index (Phi) is 30.3. The van der Waals surface area contributed by atoms with Gasteiger partial charge in [-0.3, -0.25) is 4.79 Å². The molecule has 3 N–H and O–H groups in total. The molecule has 5 nitrogen and oxygen atoms in total. The summed E-state index contributed by atoms with van der Waals surface area (Å²) in [5, 5.41) is 13.1. The van der Waals surface area contributed by atoms with Crippen molar-refractivity contribution in [1.82, 2.24) is 10.3 Å². The predicted octanol–water partition coefficient (Wildman–Crippen LogP) is 5.95. The molecule has 0 saturated heterocycles. The van der Waals surface area contributed by atoms with Gasteiger partial charge in [-0.15, -0.1) is 0 Å². The Morgan fingerprint density at radius 2 is 1.59 bits per heavy atom. The normalized spacial score (nSPS) is 10.4. The molecule has 0 aliphatic heterocycles. The molecule has 1 heterocycles. The number of hydrogen-bond acceptors (Lipinski definition) is 4. The Morgan fingerprint density at radius 1 is 1.10 bits per heavy atom. The molecule has 0 aliphatic carbocycles. The number of aliphatic hydroxyl groups excluding tert-OH is 1. The van der Waals surface area contributed by atoms with Crippen LogP contribution in [0.3, 0.4) is 0 Å². The lowest BCUT2D eigenvalue weighted by molar-refractivity contribution is -0.0979. The van der Waals surface area contributed by atoms with E-state index in [9.17, 15) is 4.79 Å². The van der Waals surface area contributed by atoms with E-state index in [1.807, 2.05) is 34.5 Å². The van der Waals surface area contributed by atoms with Crippen molar-refractivity contribution in [2.24, 2.45) is 0 Å². The minimum absolute atomic E-state index is 0.0160. The second-order valence-corrected chi connectivity index (χ2v) is 7.21. The van der Waals surface area contributed by atoms with Crippen molar-refractivity contribution < 1.29 is 9.90 Å². The van der Waals surface area contributed by atoms with E-state index in [0.717, 1.165) is 13.0 Å². The van der Waals surface area contributed by atoms with Crippen LogP contribution in [-0.4, -0.2) is 35.6 Å². The van der Waals surface area contributed by atoms with Crippen molar-refractivity contribution in [1.29, 1.82) is 0 Å². The van der Waals surface area contributed by atoms with Gasteiger partial charge in [0, 0.05) is 23.9 Å². The summed E-state index contributed by atoms with van der Waals surface area (Å²) >= 11 is 5.92. The van der Waals surface area contributed by atoms with Crippen LogP contribution in [0.5, 0.6) is 0 Å². The minimum Gasteiger partial charge on any atom is -0.396 e. The molecular weight excluding hydrogens is 388 g/mol. The average molecular weight is 435 g/mol. The summed E-state index contributed by atoms with van der Waals surface area (Å²) in [6.07, 6.45) is 5.48. The maximum atomic E-state index is 11.8. The molecule has 0 radical (unpaired) electrons. The van der Waals surface area contributed by atoms with Crippen LogP contribution in [-0.2, 0) is 4.79 Å². The lowest BCUT2D eigenvalue weighted by atomic mass is 9.93. The van der Waals surface area contributed by atoms with Gasteiger partial charge in [-0.2, -0.15) is 0 Å². The summed E-state index contributed by atoms with van der Waals surface area (Å²) in [5.74, 6) is 0.0160. The number of aromatic nitrogens is 1. The van der Waals surface area contributed by atoms with Gasteiger partial charge in [0.1, 0.15) is 6.79 Å². The molecule has 6 heteroatoms. The van der Waals surface area contributed by atoms with E-state index >= 15 is 0 Å². The van der Waals surface area contributed by atoms with Crippen molar-refractivity contribution >= 4 is 18.4 Å². The lowest BCUT2D eigenvalue weighted by Gasteiger charge is -2.23. The number of carbonyl (C=O) groups excluding carboxylic acids is 1. The zero-order valence-electron chi connectivity index (χ0n) is 20.3. The summed E-state index contributed by atoms with van der Waals surface area (Å²) in [7, 11) is 0. The molecule has 0 spiro atoms. The highest BCUT2D eigenvalue weighted by Crippen LogP contribution is 2.22. The Bertz CT molecular complexity index is 498. The van der Waals surface area contributed by atoms with E-state index < -0.39 is 0 Å². The van der Waals surface area contributed by atoms with Crippen LogP contribution < -0.4 is 10.9 Å². The highest BCUT2D eigenvalue weighted by molar-refractivity contribution is 6.30. The van der Waals surface area contributed by atoms with Crippen LogP contribution in [0.15, 0.2) is 17.1 Å². The zero-order valence-corrected chi connectivity index (χ0v) is 21.1. The fraction of sp³-hybridized carbons (Fsp3) is 0.739. The molecule has 29 heavy (non-hydrogen) atoms. The van der Waals surface area contributed by atoms with Crippen molar-refractivity contribution in [2.75, 3.05) is 13.2 Å². The van der Waals surface area contributed by atoms with Gasteiger partial charge in [-0.05, 0) is 52.1 Å². The van der Waals surface area contributed by atoms with E-state index in [-0.39, 0.29) is 23.6 Å². The molecule has 1 aromatic heterocycles. The van der Waals surface area contributed by atoms with Crippen LogP contribution >= 0.6 is 11.6 Å². The van der Waals surface area contributed by atoms with Gasteiger partial charge in [0.05, 0.1) is 5.02 Å². The fourth-order valence-corrected chi connectivity index (χ4v) is 2.18. The summed E-state index contributed by atoms with van der Waals surface area (Å²) < 4.78 is 0. The predicted molar refractivity (Wildman–Crippen MR) is 129 cm³/mol. The number of aliphatic hydroxyl groups is 1. The third-order valence-corrected chi connectivity index (χ3v) is 3.68. The molecule has 1 atom stereocenters. The zero-order chi connectivity index (χ0) is 23.9. The second-order valence-electron chi connectivity index (χ2n) is 6.78. The summed E-state index contributed by atoms with van der Waals surface area (Å²) in [5.41, 5.74) is 0.570. The standard InChI is InChI=1S/C14H23ClN2O2.C4H10.2C2H6.CH2O/c1-14(2,3)17-6-4-10(5-7-18)12-8-11(15)9-16-13(12)19;1-3-4-2;3*1-2/h8-10,17-18H,4-7H2,1-3H3,(H,16,19);3-4H2,1-2H3;2*1-2H3;1H2. The fourth-order valence-electron chi connectivity index (χ4n) is 2.01. The van der Waals surface area contributed by atoms with E-state index in [4.69, 9.17) is 21.5 Å². The third kappa shape index (κ3) is 23.0. The topological polar surface area (TPSA) is 82.2 Å². The molecule has 0 bridgehead atoms. The minimum atomic E-state index is -0.126. The van der Waals surface area contributed by atoms with Crippen molar-refractivity contribution in [3.63, 3.8) is 0 Å². The Morgan fingerprint density at radius 3 is 1.97 bits per heavy atom. The number of carbonyl (C=O) groups is 1. The number of halogens is 1. The Balaban J connectivity index is -0.000000266. The molecule has 0 amide bonds. The van der Waals surface area contributed by atoms with E-state index in [2.05, 4.69) is 44.9 Å². The Hall–Kier alpha value is -1.17. The summed E-state index contributed by atoms with van der Waals surface area (Å²) in [6, 6.07) is 1.69. The third-order valence-electron chi connectivity index (χ3n) is 3.46. The van der Waals surface area contributed by atoms with E-state index in [0.29, 0.717) is 17.0 Å². The van der Waals surface area contributed by atoms with Gasteiger partial charge in [0.25, 0.3) is 5.56 Å². The largest absolute Gasteiger partial charge is 0.396 e. The highest BCUT2D eigenvalue weighted by atomic mass is 35.5. The number of nitrogens with one attached hydrogen (secondary N) is 2. The van der Waals surface area contributed by atoms with Gasteiger partial charge in [-0.1, -0.05) is 66.0 Å². The first-order valence-corrected chi connectivity index (χ1v) is 11.2. The van der Waals surface area contributed by atoms with Gasteiger partial charge in [0.15, 0.2) is 0 Å². The second kappa shape index (κ2) is 24.9. The van der Waals surface area contributed by atoms with Gasteiger partial charge >= 0.3 is 0 Å². The SMILES string of the molecule is C=O.CC.CC.CC(C)(C)NCCC(CCO)c1cc(Cl)c[nH]c1=O.CCCC. The smallest absolute Gasteiger partial charge is 0.251 e. The number of pyridine rings is 1. The van der Waals surface area contributed by atoms with Crippen LogP contribution in [0, 0.1) is 0 Å². The van der Waals surface area contributed by atoms with Crippen LogP contribution in [0.25, 0.3) is 0 Å². The van der Waals surface area contributed by atoms with E-state index in [1.54, 1.807) is 6.07 Å². The molecule has 0 aromatic carbocycles. The van der Waals surface area contributed by atoms with E-state index in [1.165, 1.54) is 19.0 Å². The summed E-state index contributed by atoms with van der Waals surface area (Å²) in [4.78, 5) is 22.5. The molecule has 1 aromatic rings. The molecule has 0 saturated carbocycles. The number of rotatable bonds is 7. The first-order chi connectivity index (χ1) is 13.7. The molecular formula is C23H47ClN2O3. The maximum absolute atomic E-state index is 11.8. The number of aromatic amines is 1. The van der Waals surface area contributed by atoms with Crippen LogP contribution in [0.4, 0.5) is 0 Å². The quantitative estimate of drug-likeness (QED) is 0.495. The van der Waals surface area contributed by atoms with Crippen molar-refractivity contribution in [3.05, 3.63) is 33.2 Å². The first kappa shape index (κ1) is 35.3. The molecule has 174 valence electrons. The van der Waals surface area contributed by atoms with Gasteiger partial charge < -0.3 is 20.2 Å². The molecule has 1 rings (SSSR count). The summed E-state index contributed by atoms with van der Waals surface area (Å²) in [6.45, 7) is 21.5. The molecule has 0 aliphatic rings. The van der Waals surface area contributed by atoms with Crippen LogP contribution in [0.1, 0.15) is 99.5 Å². The van der Waals surface area contributed by atoms with Crippen LogP contribution in [0.2, 0.25) is 5.02 Å². The average Bonchev–Trinajstić information content (AvgIpc) is 2.73.